The summed E-state index contributed by atoms with van der Waals surface area (Å²) in [4.78, 5) is 1.89. The normalized spacial score (nSPS) is 11.7. The zero-order valence-corrected chi connectivity index (χ0v) is 11.1. The predicted octanol–water partition coefficient (Wildman–Crippen LogP) is 3.21. The molecular weight excluding hydrogens is 231 g/mol. The van der Waals surface area contributed by atoms with Crippen molar-refractivity contribution < 1.29 is 9.13 Å². The van der Waals surface area contributed by atoms with E-state index in [4.69, 9.17) is 10.00 Å². The van der Waals surface area contributed by atoms with Crippen LogP contribution in [0.25, 0.3) is 0 Å². The predicted molar refractivity (Wildman–Crippen MR) is 70.2 cm³/mol. The number of nitriles is 1. The van der Waals surface area contributed by atoms with Crippen LogP contribution in [0.15, 0.2) is 18.2 Å². The fraction of sp³-hybridized carbons (Fsp3) is 0.500. The first-order valence-electron chi connectivity index (χ1n) is 6.15. The van der Waals surface area contributed by atoms with Gasteiger partial charge in [-0.25, -0.2) is 4.39 Å². The molecule has 4 heteroatoms. The van der Waals surface area contributed by atoms with Crippen LogP contribution in [0.2, 0.25) is 0 Å². The lowest BCUT2D eigenvalue weighted by atomic mass is 10.1. The highest BCUT2D eigenvalue weighted by Crippen LogP contribution is 2.23. The lowest BCUT2D eigenvalue weighted by Gasteiger charge is -2.22. The average molecular weight is 250 g/mol. The SMILES string of the molecule is CCOc1ccc(N(C)CC(C#N)CC)cc1F. The number of halogens is 1. The number of anilines is 1. The summed E-state index contributed by atoms with van der Waals surface area (Å²) in [5.41, 5.74) is 0.754. The fourth-order valence-corrected chi connectivity index (χ4v) is 1.70. The van der Waals surface area contributed by atoms with E-state index >= 15 is 0 Å². The molecule has 98 valence electrons. The maximum absolute atomic E-state index is 13.7. The van der Waals surface area contributed by atoms with E-state index in [0.29, 0.717) is 13.2 Å². The van der Waals surface area contributed by atoms with Crippen molar-refractivity contribution in [3.05, 3.63) is 24.0 Å². The zero-order valence-electron chi connectivity index (χ0n) is 11.1. The summed E-state index contributed by atoms with van der Waals surface area (Å²) >= 11 is 0. The number of ether oxygens (including phenoxy) is 1. The van der Waals surface area contributed by atoms with Gasteiger partial charge < -0.3 is 9.64 Å². The van der Waals surface area contributed by atoms with Crippen LogP contribution >= 0.6 is 0 Å². The van der Waals surface area contributed by atoms with Crippen molar-refractivity contribution in [2.75, 3.05) is 25.1 Å². The molecular formula is C14H19FN2O. The molecule has 0 aromatic heterocycles. The lowest BCUT2D eigenvalue weighted by molar-refractivity contribution is 0.321. The molecule has 0 N–H and O–H groups in total. The monoisotopic (exact) mass is 250 g/mol. The third-order valence-corrected chi connectivity index (χ3v) is 2.83. The molecule has 0 heterocycles. The molecule has 0 radical (unpaired) electrons. The van der Waals surface area contributed by atoms with Gasteiger partial charge in [-0.1, -0.05) is 6.92 Å². The molecule has 3 nitrogen and oxygen atoms in total. The summed E-state index contributed by atoms with van der Waals surface area (Å²) in [5.74, 6) is -0.141. The smallest absolute Gasteiger partial charge is 0.167 e. The Balaban J connectivity index is 2.78. The van der Waals surface area contributed by atoms with Crippen molar-refractivity contribution in [1.29, 1.82) is 5.26 Å². The van der Waals surface area contributed by atoms with Gasteiger partial charge in [-0.3, -0.25) is 0 Å². The molecule has 0 aliphatic carbocycles. The van der Waals surface area contributed by atoms with Crippen LogP contribution < -0.4 is 9.64 Å². The van der Waals surface area contributed by atoms with Crippen LogP contribution in [0.5, 0.6) is 5.75 Å². The van der Waals surface area contributed by atoms with E-state index in [1.54, 1.807) is 12.1 Å². The Bertz CT molecular complexity index is 428. The number of rotatable bonds is 6. The van der Waals surface area contributed by atoms with E-state index in [9.17, 15) is 4.39 Å². The van der Waals surface area contributed by atoms with Crippen LogP contribution in [0.3, 0.4) is 0 Å². The molecule has 0 amide bonds. The maximum atomic E-state index is 13.7. The van der Waals surface area contributed by atoms with Gasteiger partial charge in [0.2, 0.25) is 0 Å². The summed E-state index contributed by atoms with van der Waals surface area (Å²) in [5, 5.41) is 8.92. The minimum atomic E-state index is -0.369. The Morgan fingerprint density at radius 3 is 2.67 bits per heavy atom. The van der Waals surface area contributed by atoms with Crippen LogP contribution in [0, 0.1) is 23.1 Å². The lowest BCUT2D eigenvalue weighted by Crippen LogP contribution is -2.24. The summed E-state index contributed by atoms with van der Waals surface area (Å²) in [7, 11) is 1.86. The minimum absolute atomic E-state index is 0.0374. The van der Waals surface area contributed by atoms with Gasteiger partial charge in [-0.2, -0.15) is 5.26 Å². The molecule has 1 aromatic carbocycles. The second-order valence-electron chi connectivity index (χ2n) is 4.16. The van der Waals surface area contributed by atoms with Gasteiger partial charge in [0.25, 0.3) is 0 Å². The number of benzene rings is 1. The van der Waals surface area contributed by atoms with Gasteiger partial charge in [0.15, 0.2) is 11.6 Å². The van der Waals surface area contributed by atoms with E-state index < -0.39 is 0 Å². The largest absolute Gasteiger partial charge is 0.491 e. The molecule has 18 heavy (non-hydrogen) atoms. The van der Waals surface area contributed by atoms with Crippen molar-refractivity contribution in [3.8, 4) is 11.8 Å². The molecule has 0 fully saturated rings. The first-order valence-corrected chi connectivity index (χ1v) is 6.15. The molecule has 0 aliphatic rings. The molecule has 1 rings (SSSR count). The highest BCUT2D eigenvalue weighted by atomic mass is 19.1. The Morgan fingerprint density at radius 1 is 1.44 bits per heavy atom. The van der Waals surface area contributed by atoms with Crippen molar-refractivity contribution in [2.45, 2.75) is 20.3 Å². The molecule has 1 atom stereocenters. The van der Waals surface area contributed by atoms with E-state index in [0.717, 1.165) is 12.1 Å². The fourth-order valence-electron chi connectivity index (χ4n) is 1.70. The molecule has 0 saturated carbocycles. The topological polar surface area (TPSA) is 36.3 Å². The second-order valence-corrected chi connectivity index (χ2v) is 4.16. The molecule has 0 spiro atoms. The van der Waals surface area contributed by atoms with E-state index in [1.165, 1.54) is 6.07 Å². The molecule has 1 aromatic rings. The maximum Gasteiger partial charge on any atom is 0.167 e. The van der Waals surface area contributed by atoms with Crippen molar-refractivity contribution in [3.63, 3.8) is 0 Å². The zero-order chi connectivity index (χ0) is 13.5. The Labute approximate surface area is 108 Å². The van der Waals surface area contributed by atoms with Crippen LogP contribution in [0.1, 0.15) is 20.3 Å². The van der Waals surface area contributed by atoms with Gasteiger partial charge in [-0.15, -0.1) is 0 Å². The van der Waals surface area contributed by atoms with Gasteiger partial charge in [0.1, 0.15) is 0 Å². The minimum Gasteiger partial charge on any atom is -0.491 e. The van der Waals surface area contributed by atoms with Crippen molar-refractivity contribution in [2.24, 2.45) is 5.92 Å². The number of nitrogens with zero attached hydrogens (tertiary/aromatic N) is 2. The van der Waals surface area contributed by atoms with Crippen LogP contribution in [-0.2, 0) is 0 Å². The third kappa shape index (κ3) is 3.63. The highest BCUT2D eigenvalue weighted by Gasteiger charge is 2.11. The average Bonchev–Trinajstić information content (AvgIpc) is 2.38. The highest BCUT2D eigenvalue weighted by molar-refractivity contribution is 5.49. The molecule has 0 aliphatic heterocycles. The Morgan fingerprint density at radius 2 is 2.17 bits per heavy atom. The summed E-state index contributed by atoms with van der Waals surface area (Å²) in [6.07, 6.45) is 0.792. The van der Waals surface area contributed by atoms with Crippen LogP contribution in [0.4, 0.5) is 10.1 Å². The summed E-state index contributed by atoms with van der Waals surface area (Å²) in [6, 6.07) is 7.10. The Kier molecular flexibility index (Phi) is 5.44. The summed E-state index contributed by atoms with van der Waals surface area (Å²) in [6.45, 7) is 4.83. The standard InChI is InChI=1S/C14H19FN2O/c1-4-11(9-16)10-17(3)12-6-7-14(18-5-2)13(15)8-12/h6-8,11H,4-5,10H2,1-3H3. The first kappa shape index (κ1) is 14.3. The van der Waals surface area contributed by atoms with Crippen molar-refractivity contribution in [1.82, 2.24) is 0 Å². The van der Waals surface area contributed by atoms with E-state index in [2.05, 4.69) is 6.07 Å². The third-order valence-electron chi connectivity index (χ3n) is 2.83. The summed E-state index contributed by atoms with van der Waals surface area (Å²) < 4.78 is 18.8. The van der Waals surface area contributed by atoms with E-state index in [-0.39, 0.29) is 17.5 Å². The first-order chi connectivity index (χ1) is 8.62. The number of hydrogen-bond donors (Lipinski definition) is 0. The number of hydrogen-bond acceptors (Lipinski definition) is 3. The van der Waals surface area contributed by atoms with Crippen LogP contribution in [-0.4, -0.2) is 20.2 Å². The van der Waals surface area contributed by atoms with Gasteiger partial charge in [-0.05, 0) is 25.5 Å². The van der Waals surface area contributed by atoms with Crippen molar-refractivity contribution >= 4 is 5.69 Å². The van der Waals surface area contributed by atoms with Gasteiger partial charge in [0.05, 0.1) is 18.6 Å². The van der Waals surface area contributed by atoms with E-state index in [1.807, 2.05) is 25.8 Å². The Hall–Kier alpha value is -1.76. The quantitative estimate of drug-likeness (QED) is 0.777. The van der Waals surface area contributed by atoms with Gasteiger partial charge >= 0.3 is 0 Å². The molecule has 1 unspecified atom stereocenters. The molecule has 0 bridgehead atoms. The second kappa shape index (κ2) is 6.85. The molecule has 0 saturated heterocycles. The van der Waals surface area contributed by atoms with Gasteiger partial charge in [0, 0.05) is 25.3 Å².